The molecular formula is C21H24N4O2. The molecule has 1 atom stereocenters. The summed E-state index contributed by atoms with van der Waals surface area (Å²) in [5.41, 5.74) is 2.91. The van der Waals surface area contributed by atoms with E-state index in [1.165, 1.54) is 0 Å². The van der Waals surface area contributed by atoms with Gasteiger partial charge >= 0.3 is 0 Å². The largest absolute Gasteiger partial charge is 0.497 e. The Labute approximate surface area is 159 Å². The summed E-state index contributed by atoms with van der Waals surface area (Å²) in [6, 6.07) is 19.6. The number of aliphatic hydroxyl groups is 1. The monoisotopic (exact) mass is 364 g/mol. The number of aliphatic hydroxyl groups excluding tert-OH is 1. The molecule has 1 aromatic heterocycles. The van der Waals surface area contributed by atoms with Crippen molar-refractivity contribution in [3.05, 3.63) is 66.2 Å². The molecule has 0 bridgehead atoms. The topological polar surface area (TPSA) is 79.3 Å². The molecule has 1 heterocycles. The number of hydrogen-bond donors (Lipinski definition) is 3. The van der Waals surface area contributed by atoms with Gasteiger partial charge in [0, 0.05) is 24.2 Å². The van der Waals surface area contributed by atoms with Crippen molar-refractivity contribution in [2.45, 2.75) is 19.5 Å². The van der Waals surface area contributed by atoms with Gasteiger partial charge in [0.05, 0.1) is 19.4 Å². The van der Waals surface area contributed by atoms with Crippen LogP contribution >= 0.6 is 0 Å². The second-order valence-electron chi connectivity index (χ2n) is 6.26. The summed E-state index contributed by atoms with van der Waals surface area (Å²) in [7, 11) is 1.66. The van der Waals surface area contributed by atoms with Crippen molar-refractivity contribution in [1.29, 1.82) is 0 Å². The van der Waals surface area contributed by atoms with E-state index in [1.54, 1.807) is 7.11 Å². The molecule has 2 aromatic carbocycles. The second-order valence-corrected chi connectivity index (χ2v) is 6.26. The van der Waals surface area contributed by atoms with Gasteiger partial charge in [0.2, 0.25) is 5.95 Å². The SMILES string of the molecule is COc1cccc(CNc2cc(-c3ccccc3)nc(N[C@@H](C)CO)n2)c1. The van der Waals surface area contributed by atoms with Crippen LogP contribution in [0.5, 0.6) is 5.75 Å². The van der Waals surface area contributed by atoms with E-state index in [0.717, 1.165) is 22.6 Å². The third-order valence-electron chi connectivity index (χ3n) is 4.05. The molecule has 0 amide bonds. The molecule has 6 heteroatoms. The predicted molar refractivity (Wildman–Crippen MR) is 108 cm³/mol. The van der Waals surface area contributed by atoms with Gasteiger partial charge in [-0.05, 0) is 24.6 Å². The Kier molecular flexibility index (Phi) is 6.22. The first-order valence-electron chi connectivity index (χ1n) is 8.86. The third-order valence-corrected chi connectivity index (χ3v) is 4.05. The highest BCUT2D eigenvalue weighted by Gasteiger charge is 2.09. The molecular weight excluding hydrogens is 340 g/mol. The lowest BCUT2D eigenvalue weighted by atomic mass is 10.1. The molecule has 0 saturated heterocycles. The van der Waals surface area contributed by atoms with Crippen LogP contribution in [0.25, 0.3) is 11.3 Å². The highest BCUT2D eigenvalue weighted by molar-refractivity contribution is 5.64. The molecule has 3 N–H and O–H groups in total. The minimum absolute atomic E-state index is 0.00545. The van der Waals surface area contributed by atoms with Crippen LogP contribution in [0.1, 0.15) is 12.5 Å². The maximum Gasteiger partial charge on any atom is 0.225 e. The fourth-order valence-electron chi connectivity index (χ4n) is 2.60. The number of aromatic nitrogens is 2. The van der Waals surface area contributed by atoms with Gasteiger partial charge < -0.3 is 20.5 Å². The van der Waals surface area contributed by atoms with Crippen LogP contribution in [0.15, 0.2) is 60.7 Å². The van der Waals surface area contributed by atoms with E-state index in [1.807, 2.05) is 67.6 Å². The van der Waals surface area contributed by atoms with Gasteiger partial charge in [0.25, 0.3) is 0 Å². The van der Waals surface area contributed by atoms with Crippen molar-refractivity contribution in [2.24, 2.45) is 0 Å². The Bertz CT molecular complexity index is 871. The van der Waals surface area contributed by atoms with Crippen molar-refractivity contribution in [1.82, 2.24) is 9.97 Å². The zero-order chi connectivity index (χ0) is 19.1. The number of nitrogens with zero attached hydrogens (tertiary/aromatic N) is 2. The minimum Gasteiger partial charge on any atom is -0.497 e. The van der Waals surface area contributed by atoms with Gasteiger partial charge in [0.1, 0.15) is 11.6 Å². The molecule has 140 valence electrons. The number of methoxy groups -OCH3 is 1. The molecule has 0 aliphatic carbocycles. The van der Waals surface area contributed by atoms with Crippen LogP contribution in [0.2, 0.25) is 0 Å². The highest BCUT2D eigenvalue weighted by atomic mass is 16.5. The number of benzene rings is 2. The number of hydrogen-bond acceptors (Lipinski definition) is 6. The Morgan fingerprint density at radius 3 is 2.59 bits per heavy atom. The third kappa shape index (κ3) is 5.18. The van der Waals surface area contributed by atoms with E-state index in [0.29, 0.717) is 18.3 Å². The summed E-state index contributed by atoms with van der Waals surface area (Å²) >= 11 is 0. The zero-order valence-electron chi connectivity index (χ0n) is 15.5. The first-order valence-corrected chi connectivity index (χ1v) is 8.86. The van der Waals surface area contributed by atoms with Gasteiger partial charge in [-0.1, -0.05) is 42.5 Å². The first-order chi connectivity index (χ1) is 13.2. The summed E-state index contributed by atoms with van der Waals surface area (Å²) in [5, 5.41) is 15.8. The molecule has 0 radical (unpaired) electrons. The van der Waals surface area contributed by atoms with Gasteiger partial charge in [-0.15, -0.1) is 0 Å². The summed E-state index contributed by atoms with van der Waals surface area (Å²) in [6.07, 6.45) is 0. The van der Waals surface area contributed by atoms with Crippen LogP contribution < -0.4 is 15.4 Å². The lowest BCUT2D eigenvalue weighted by Crippen LogP contribution is -2.21. The number of rotatable bonds is 8. The van der Waals surface area contributed by atoms with Crippen molar-refractivity contribution in [3.63, 3.8) is 0 Å². The van der Waals surface area contributed by atoms with Crippen molar-refractivity contribution >= 4 is 11.8 Å². The van der Waals surface area contributed by atoms with Gasteiger partial charge in [-0.25, -0.2) is 4.98 Å². The molecule has 27 heavy (non-hydrogen) atoms. The van der Waals surface area contributed by atoms with Crippen molar-refractivity contribution in [2.75, 3.05) is 24.4 Å². The van der Waals surface area contributed by atoms with Gasteiger partial charge in [-0.3, -0.25) is 0 Å². The minimum atomic E-state index is -0.137. The summed E-state index contributed by atoms with van der Waals surface area (Å²) in [5.74, 6) is 2.01. The highest BCUT2D eigenvalue weighted by Crippen LogP contribution is 2.22. The maximum atomic E-state index is 9.31. The number of ether oxygens (including phenoxy) is 1. The van der Waals surface area contributed by atoms with Gasteiger partial charge in [0.15, 0.2) is 0 Å². The molecule has 3 aromatic rings. The standard InChI is InChI=1S/C21H24N4O2/c1-15(14-26)23-21-24-19(17-8-4-3-5-9-17)12-20(25-21)22-13-16-7-6-10-18(11-16)27-2/h3-12,15,26H,13-14H2,1-2H3,(H2,22,23,24,25)/t15-/m0/s1. The molecule has 3 rings (SSSR count). The molecule has 0 fully saturated rings. The Morgan fingerprint density at radius 2 is 1.85 bits per heavy atom. The molecule has 0 unspecified atom stereocenters. The average molecular weight is 364 g/mol. The molecule has 0 saturated carbocycles. The Morgan fingerprint density at radius 1 is 1.04 bits per heavy atom. The fourth-order valence-corrected chi connectivity index (χ4v) is 2.60. The van der Waals surface area contributed by atoms with Crippen LogP contribution in [0.3, 0.4) is 0 Å². The Hall–Kier alpha value is -3.12. The lowest BCUT2D eigenvalue weighted by molar-refractivity contribution is 0.281. The predicted octanol–water partition coefficient (Wildman–Crippen LogP) is 3.56. The quantitative estimate of drug-likeness (QED) is 0.567. The summed E-state index contributed by atoms with van der Waals surface area (Å²) in [4.78, 5) is 9.11. The van der Waals surface area contributed by atoms with E-state index >= 15 is 0 Å². The van der Waals surface area contributed by atoms with E-state index in [4.69, 9.17) is 4.74 Å². The number of anilines is 2. The van der Waals surface area contributed by atoms with E-state index in [-0.39, 0.29) is 12.6 Å². The zero-order valence-corrected chi connectivity index (χ0v) is 15.5. The normalized spacial score (nSPS) is 11.7. The van der Waals surface area contributed by atoms with Crippen LogP contribution in [-0.2, 0) is 6.54 Å². The fraction of sp³-hybridized carbons (Fsp3) is 0.238. The summed E-state index contributed by atoms with van der Waals surface area (Å²) < 4.78 is 5.27. The van der Waals surface area contributed by atoms with Crippen LogP contribution in [0, 0.1) is 0 Å². The molecule has 0 aliphatic heterocycles. The van der Waals surface area contributed by atoms with Crippen molar-refractivity contribution < 1.29 is 9.84 Å². The van der Waals surface area contributed by atoms with E-state index in [9.17, 15) is 5.11 Å². The van der Waals surface area contributed by atoms with Crippen LogP contribution in [0.4, 0.5) is 11.8 Å². The van der Waals surface area contributed by atoms with Gasteiger partial charge in [-0.2, -0.15) is 4.98 Å². The van der Waals surface area contributed by atoms with E-state index in [2.05, 4.69) is 20.6 Å². The smallest absolute Gasteiger partial charge is 0.225 e. The summed E-state index contributed by atoms with van der Waals surface area (Å²) in [6.45, 7) is 2.49. The second kappa shape index (κ2) is 9.00. The molecule has 0 spiro atoms. The average Bonchev–Trinajstić information content (AvgIpc) is 2.72. The molecule has 6 nitrogen and oxygen atoms in total. The number of nitrogens with one attached hydrogen (secondary N) is 2. The van der Waals surface area contributed by atoms with Crippen LogP contribution in [-0.4, -0.2) is 34.8 Å². The Balaban J connectivity index is 1.85. The van der Waals surface area contributed by atoms with E-state index < -0.39 is 0 Å². The lowest BCUT2D eigenvalue weighted by Gasteiger charge is -2.14. The maximum absolute atomic E-state index is 9.31. The first kappa shape index (κ1) is 18.7. The van der Waals surface area contributed by atoms with Crippen molar-refractivity contribution in [3.8, 4) is 17.0 Å². The molecule has 0 aliphatic rings.